The summed E-state index contributed by atoms with van der Waals surface area (Å²) >= 11 is 0. The zero-order valence-corrected chi connectivity index (χ0v) is 11.8. The molecule has 0 radical (unpaired) electrons. The van der Waals surface area contributed by atoms with Gasteiger partial charge in [0.05, 0.1) is 0 Å². The van der Waals surface area contributed by atoms with Crippen molar-refractivity contribution in [1.82, 2.24) is 0 Å². The van der Waals surface area contributed by atoms with Gasteiger partial charge in [-0.15, -0.1) is 0 Å². The maximum Gasteiger partial charge on any atom is 0.119 e. The van der Waals surface area contributed by atoms with Crippen LogP contribution in [-0.4, -0.2) is 15.3 Å². The minimum absolute atomic E-state index is 0.170. The Morgan fingerprint density at radius 2 is 1.00 bits per heavy atom. The van der Waals surface area contributed by atoms with Crippen molar-refractivity contribution in [1.29, 1.82) is 0 Å². The zero-order chi connectivity index (χ0) is 15.5. The van der Waals surface area contributed by atoms with E-state index in [1.54, 1.807) is 48.5 Å². The molecule has 22 heavy (non-hydrogen) atoms. The number of benzene rings is 3. The minimum atomic E-state index is -0.317. The van der Waals surface area contributed by atoms with E-state index in [0.29, 0.717) is 11.1 Å². The highest BCUT2D eigenvalue weighted by atomic mass is 16.3. The SMILES string of the molecule is Oc1ccc(C(c2ccccc2O)c2ccccc2O)cc1. The molecule has 0 bridgehead atoms. The largest absolute Gasteiger partial charge is 0.508 e. The van der Waals surface area contributed by atoms with Crippen LogP contribution < -0.4 is 0 Å². The van der Waals surface area contributed by atoms with Gasteiger partial charge in [0.1, 0.15) is 17.2 Å². The van der Waals surface area contributed by atoms with Crippen molar-refractivity contribution < 1.29 is 15.3 Å². The van der Waals surface area contributed by atoms with E-state index in [1.165, 1.54) is 0 Å². The molecule has 3 nitrogen and oxygen atoms in total. The van der Waals surface area contributed by atoms with E-state index in [4.69, 9.17) is 0 Å². The van der Waals surface area contributed by atoms with Crippen molar-refractivity contribution in [2.24, 2.45) is 0 Å². The van der Waals surface area contributed by atoms with Gasteiger partial charge in [-0.2, -0.15) is 0 Å². The monoisotopic (exact) mass is 292 g/mol. The van der Waals surface area contributed by atoms with Gasteiger partial charge >= 0.3 is 0 Å². The average molecular weight is 292 g/mol. The number of para-hydroxylation sites is 2. The van der Waals surface area contributed by atoms with Crippen LogP contribution in [-0.2, 0) is 0 Å². The van der Waals surface area contributed by atoms with Gasteiger partial charge in [0, 0.05) is 17.0 Å². The van der Waals surface area contributed by atoms with E-state index in [1.807, 2.05) is 24.3 Å². The van der Waals surface area contributed by atoms with Crippen molar-refractivity contribution in [3.05, 3.63) is 89.5 Å². The van der Waals surface area contributed by atoms with Crippen LogP contribution in [0, 0.1) is 0 Å². The fourth-order valence-electron chi connectivity index (χ4n) is 2.66. The van der Waals surface area contributed by atoms with E-state index >= 15 is 0 Å². The van der Waals surface area contributed by atoms with Crippen LogP contribution in [0.1, 0.15) is 22.6 Å². The van der Waals surface area contributed by atoms with Gasteiger partial charge < -0.3 is 15.3 Å². The summed E-state index contributed by atoms with van der Waals surface area (Å²) in [5.74, 6) is 0.202. The maximum atomic E-state index is 10.2. The normalized spacial score (nSPS) is 10.8. The first kappa shape index (κ1) is 14.0. The molecule has 0 amide bonds. The Morgan fingerprint density at radius 1 is 0.545 bits per heavy atom. The third-order valence-electron chi connectivity index (χ3n) is 3.72. The Kier molecular flexibility index (Phi) is 3.71. The Bertz CT molecular complexity index is 733. The molecule has 3 aromatic carbocycles. The lowest BCUT2D eigenvalue weighted by molar-refractivity contribution is 0.458. The number of rotatable bonds is 3. The van der Waals surface area contributed by atoms with Gasteiger partial charge in [-0.05, 0) is 29.8 Å². The van der Waals surface area contributed by atoms with Crippen LogP contribution in [0.2, 0.25) is 0 Å². The molecule has 3 rings (SSSR count). The molecular weight excluding hydrogens is 276 g/mol. The van der Waals surface area contributed by atoms with Gasteiger partial charge in [0.25, 0.3) is 0 Å². The van der Waals surface area contributed by atoms with Gasteiger partial charge in [-0.1, -0.05) is 48.5 Å². The lowest BCUT2D eigenvalue weighted by Gasteiger charge is -2.20. The van der Waals surface area contributed by atoms with Crippen molar-refractivity contribution in [2.75, 3.05) is 0 Å². The van der Waals surface area contributed by atoms with Crippen LogP contribution >= 0.6 is 0 Å². The second-order valence-corrected chi connectivity index (χ2v) is 5.14. The first-order valence-electron chi connectivity index (χ1n) is 7.01. The minimum Gasteiger partial charge on any atom is -0.508 e. The molecule has 0 aliphatic heterocycles. The molecule has 0 fully saturated rings. The molecule has 0 saturated carbocycles. The molecule has 0 atom stereocenters. The molecule has 0 unspecified atom stereocenters. The van der Waals surface area contributed by atoms with Gasteiger partial charge in [-0.25, -0.2) is 0 Å². The van der Waals surface area contributed by atoms with Crippen LogP contribution in [0.25, 0.3) is 0 Å². The van der Waals surface area contributed by atoms with E-state index in [-0.39, 0.29) is 23.2 Å². The van der Waals surface area contributed by atoms with E-state index < -0.39 is 0 Å². The molecule has 0 heterocycles. The Balaban J connectivity index is 2.21. The third-order valence-corrected chi connectivity index (χ3v) is 3.72. The number of phenolic OH excluding ortho intramolecular Hbond substituents is 3. The van der Waals surface area contributed by atoms with Gasteiger partial charge in [0.15, 0.2) is 0 Å². The van der Waals surface area contributed by atoms with Gasteiger partial charge in [0.2, 0.25) is 0 Å². The molecular formula is C19H16O3. The Labute approximate surface area is 128 Å². The summed E-state index contributed by atoms with van der Waals surface area (Å²) in [5, 5.41) is 29.9. The third kappa shape index (κ3) is 2.61. The highest BCUT2D eigenvalue weighted by Gasteiger charge is 2.22. The molecule has 0 aliphatic carbocycles. The molecule has 3 aromatic rings. The predicted octanol–water partition coefficient (Wildman–Crippen LogP) is 3.98. The number of hydrogen-bond acceptors (Lipinski definition) is 3. The standard InChI is InChI=1S/C19H16O3/c20-14-11-9-13(10-12-14)19(15-5-1-3-7-17(15)21)16-6-2-4-8-18(16)22/h1-12,19-22H. The van der Waals surface area contributed by atoms with Crippen LogP contribution in [0.3, 0.4) is 0 Å². The van der Waals surface area contributed by atoms with Crippen molar-refractivity contribution in [3.8, 4) is 17.2 Å². The van der Waals surface area contributed by atoms with E-state index in [9.17, 15) is 15.3 Å². The summed E-state index contributed by atoms with van der Waals surface area (Å²) < 4.78 is 0. The molecule has 3 N–H and O–H groups in total. The molecule has 0 saturated heterocycles. The Morgan fingerprint density at radius 3 is 1.45 bits per heavy atom. The lowest BCUT2D eigenvalue weighted by Crippen LogP contribution is -2.04. The van der Waals surface area contributed by atoms with E-state index in [2.05, 4.69) is 0 Å². The Hall–Kier alpha value is -2.94. The van der Waals surface area contributed by atoms with Crippen molar-refractivity contribution in [3.63, 3.8) is 0 Å². The molecule has 0 aromatic heterocycles. The topological polar surface area (TPSA) is 60.7 Å². The summed E-state index contributed by atoms with van der Waals surface area (Å²) in [4.78, 5) is 0. The number of aromatic hydroxyl groups is 3. The fourth-order valence-corrected chi connectivity index (χ4v) is 2.66. The summed E-state index contributed by atoms with van der Waals surface area (Å²) in [7, 11) is 0. The van der Waals surface area contributed by atoms with E-state index in [0.717, 1.165) is 5.56 Å². The molecule has 0 spiro atoms. The second-order valence-electron chi connectivity index (χ2n) is 5.14. The summed E-state index contributed by atoms with van der Waals surface area (Å²) in [5.41, 5.74) is 2.28. The first-order chi connectivity index (χ1) is 10.7. The smallest absolute Gasteiger partial charge is 0.119 e. The maximum absolute atomic E-state index is 10.2. The first-order valence-corrected chi connectivity index (χ1v) is 7.01. The second kappa shape index (κ2) is 5.82. The number of phenols is 3. The van der Waals surface area contributed by atoms with Gasteiger partial charge in [-0.3, -0.25) is 0 Å². The average Bonchev–Trinajstić information content (AvgIpc) is 2.53. The summed E-state index contributed by atoms with van der Waals surface area (Å²) in [6.45, 7) is 0. The zero-order valence-electron chi connectivity index (χ0n) is 11.8. The number of hydrogen-bond donors (Lipinski definition) is 3. The highest BCUT2D eigenvalue weighted by Crippen LogP contribution is 2.40. The fraction of sp³-hybridized carbons (Fsp3) is 0.0526. The van der Waals surface area contributed by atoms with Crippen molar-refractivity contribution in [2.45, 2.75) is 5.92 Å². The lowest BCUT2D eigenvalue weighted by atomic mass is 9.84. The molecule has 3 heteroatoms. The van der Waals surface area contributed by atoms with Crippen molar-refractivity contribution >= 4 is 0 Å². The quantitative estimate of drug-likeness (QED) is 0.640. The predicted molar refractivity (Wildman–Crippen MR) is 85.3 cm³/mol. The van der Waals surface area contributed by atoms with Crippen LogP contribution in [0.15, 0.2) is 72.8 Å². The van der Waals surface area contributed by atoms with Crippen LogP contribution in [0.5, 0.6) is 17.2 Å². The summed E-state index contributed by atoms with van der Waals surface area (Å²) in [6, 6.07) is 20.9. The molecule has 0 aliphatic rings. The molecule has 110 valence electrons. The van der Waals surface area contributed by atoms with Crippen LogP contribution in [0.4, 0.5) is 0 Å². The summed E-state index contributed by atoms with van der Waals surface area (Å²) in [6.07, 6.45) is 0. The highest BCUT2D eigenvalue weighted by molar-refractivity contribution is 5.52.